The second-order valence-corrected chi connectivity index (χ2v) is 11.2. The van der Waals surface area contributed by atoms with Gasteiger partial charge in [-0.05, 0) is 42.7 Å². The minimum Gasteiger partial charge on any atom is -0.501 e. The molecular formula is C31H31ClF2N6O4. The number of halogens is 3. The molecule has 44 heavy (non-hydrogen) atoms. The Morgan fingerprint density at radius 1 is 1.23 bits per heavy atom. The van der Waals surface area contributed by atoms with Crippen LogP contribution in [0.3, 0.4) is 0 Å². The monoisotopic (exact) mass is 624 g/mol. The molecule has 1 amide bonds. The number of fused-ring (bicyclic) bond motifs is 1. The Morgan fingerprint density at radius 3 is 2.66 bits per heavy atom. The number of nitrogens with zero attached hydrogens (tertiary/aromatic N) is 6. The van der Waals surface area contributed by atoms with E-state index in [1.165, 1.54) is 33.9 Å². The fourth-order valence-electron chi connectivity index (χ4n) is 5.52. The van der Waals surface area contributed by atoms with Crippen LogP contribution in [0.25, 0.3) is 28.0 Å². The summed E-state index contributed by atoms with van der Waals surface area (Å²) < 4.78 is 37.7. The Bertz CT molecular complexity index is 1790. The molecule has 1 fully saturated rings. The first-order chi connectivity index (χ1) is 21.0. The van der Waals surface area contributed by atoms with Crippen LogP contribution in [-0.2, 0) is 11.2 Å². The van der Waals surface area contributed by atoms with Gasteiger partial charge in [-0.2, -0.15) is 4.98 Å². The van der Waals surface area contributed by atoms with Gasteiger partial charge in [0.15, 0.2) is 11.5 Å². The normalized spacial score (nSPS) is 15.2. The highest BCUT2D eigenvalue weighted by Gasteiger charge is 2.31. The van der Waals surface area contributed by atoms with Crippen LogP contribution in [0, 0.1) is 11.6 Å². The molecule has 5 rings (SSSR count). The van der Waals surface area contributed by atoms with Crippen molar-refractivity contribution in [2.75, 3.05) is 31.1 Å². The molecule has 4 heterocycles. The van der Waals surface area contributed by atoms with E-state index < -0.39 is 29.5 Å². The molecular weight excluding hydrogens is 594 g/mol. The molecule has 1 unspecified atom stereocenters. The maximum Gasteiger partial charge on any atom is 0.407 e. The Labute approximate surface area is 257 Å². The summed E-state index contributed by atoms with van der Waals surface area (Å²) in [7, 11) is 0. The molecule has 1 aromatic carbocycles. The summed E-state index contributed by atoms with van der Waals surface area (Å²) in [5.41, 5.74) is 0.362. The number of hydrogen-bond donors (Lipinski definition) is 1. The number of aromatic nitrogens is 4. The Balaban J connectivity index is 1.85. The molecule has 13 heteroatoms. The molecule has 0 saturated carbocycles. The van der Waals surface area contributed by atoms with Crippen LogP contribution in [0.2, 0.25) is 5.02 Å². The van der Waals surface area contributed by atoms with Crippen molar-refractivity contribution in [3.63, 3.8) is 0 Å². The number of anilines is 1. The number of benzene rings is 1. The summed E-state index contributed by atoms with van der Waals surface area (Å²) in [6, 6.07) is 6.50. The third-order valence-corrected chi connectivity index (χ3v) is 7.90. The average Bonchev–Trinajstić information content (AvgIpc) is 2.97. The van der Waals surface area contributed by atoms with Crippen molar-refractivity contribution in [3.05, 3.63) is 87.8 Å². The van der Waals surface area contributed by atoms with Crippen molar-refractivity contribution in [2.45, 2.75) is 39.2 Å². The lowest BCUT2D eigenvalue weighted by Gasteiger charge is -2.39. The van der Waals surface area contributed by atoms with Gasteiger partial charge in [-0.1, -0.05) is 38.1 Å². The molecule has 0 aliphatic carbocycles. The predicted octanol–water partition coefficient (Wildman–Crippen LogP) is 5.79. The Hall–Kier alpha value is -4.58. The Kier molecular flexibility index (Phi) is 8.82. The molecule has 3 aromatic heterocycles. The summed E-state index contributed by atoms with van der Waals surface area (Å²) in [6.07, 6.45) is 2.27. The zero-order valence-electron chi connectivity index (χ0n) is 24.4. The lowest BCUT2D eigenvalue weighted by Crippen LogP contribution is -2.54. The van der Waals surface area contributed by atoms with Crippen LogP contribution < -0.4 is 10.6 Å². The van der Waals surface area contributed by atoms with Crippen molar-refractivity contribution in [2.24, 2.45) is 0 Å². The predicted molar refractivity (Wildman–Crippen MR) is 164 cm³/mol. The maximum atomic E-state index is 16.0. The fourth-order valence-corrected chi connectivity index (χ4v) is 5.77. The average molecular weight is 625 g/mol. The second-order valence-electron chi connectivity index (χ2n) is 10.8. The van der Waals surface area contributed by atoms with Gasteiger partial charge in [-0.3, -0.25) is 4.98 Å². The molecule has 1 aliphatic heterocycles. The molecule has 1 atom stereocenters. The highest BCUT2D eigenvalue weighted by atomic mass is 35.5. The van der Waals surface area contributed by atoms with Crippen molar-refractivity contribution in [1.82, 2.24) is 24.4 Å². The van der Waals surface area contributed by atoms with E-state index in [0.717, 1.165) is 6.07 Å². The molecule has 1 saturated heterocycles. The number of hydrogen-bond acceptors (Lipinski definition) is 7. The van der Waals surface area contributed by atoms with Gasteiger partial charge < -0.3 is 19.6 Å². The first kappa shape index (κ1) is 30.9. The molecule has 4 aromatic rings. The van der Waals surface area contributed by atoms with Crippen LogP contribution in [0.1, 0.15) is 37.9 Å². The zero-order valence-corrected chi connectivity index (χ0v) is 25.2. The minimum atomic E-state index is -1.06. The van der Waals surface area contributed by atoms with Gasteiger partial charge in [0, 0.05) is 38.3 Å². The van der Waals surface area contributed by atoms with Crippen LogP contribution in [0.15, 0.2) is 54.2 Å². The van der Waals surface area contributed by atoms with Crippen LogP contribution >= 0.6 is 11.6 Å². The number of carboxylic acid groups (broad SMARTS) is 1. The molecule has 0 radical (unpaired) electrons. The van der Waals surface area contributed by atoms with Crippen LogP contribution in [0.5, 0.6) is 0 Å². The van der Waals surface area contributed by atoms with Crippen LogP contribution in [-0.4, -0.2) is 67.9 Å². The molecule has 1 N–H and O–H groups in total. The highest BCUT2D eigenvalue weighted by Crippen LogP contribution is 2.36. The first-order valence-corrected chi connectivity index (χ1v) is 14.4. The Morgan fingerprint density at radius 2 is 2.00 bits per heavy atom. The number of amides is 1. The van der Waals surface area contributed by atoms with Gasteiger partial charge in [0.05, 0.1) is 40.2 Å². The standard InChI is InChI=1S/C31H31ClF2N6O4/c1-5-44-14-10-19-9-11-35-25(17(2)3)27(19)40-29-20(15-23(34)26(36-29)24-21(32)7-6-8-22(24)33)28(37-30(40)41)39-13-12-38(31(42)43)16-18(39)4/h5-9,11,15,17-18H,1,10,12-14,16H2,2-4H3,(H,42,43). The van der Waals surface area contributed by atoms with Gasteiger partial charge in [-0.15, -0.1) is 0 Å². The maximum absolute atomic E-state index is 16.0. The number of pyridine rings is 2. The number of carbonyl (C=O) groups is 1. The molecule has 230 valence electrons. The molecule has 10 nitrogen and oxygen atoms in total. The topological polar surface area (TPSA) is 114 Å². The first-order valence-electron chi connectivity index (χ1n) is 14.1. The van der Waals surface area contributed by atoms with Crippen LogP contribution in [0.4, 0.5) is 19.4 Å². The van der Waals surface area contributed by atoms with Crippen molar-refractivity contribution >= 4 is 34.5 Å². The van der Waals surface area contributed by atoms with E-state index in [1.807, 2.05) is 13.8 Å². The summed E-state index contributed by atoms with van der Waals surface area (Å²) in [4.78, 5) is 42.3. The van der Waals surface area contributed by atoms with Gasteiger partial charge in [0.1, 0.15) is 17.3 Å². The minimum absolute atomic E-state index is 0.0179. The third kappa shape index (κ3) is 5.69. The quantitative estimate of drug-likeness (QED) is 0.194. The van der Waals surface area contributed by atoms with Crippen molar-refractivity contribution < 1.29 is 23.4 Å². The van der Waals surface area contributed by atoms with Crippen molar-refractivity contribution in [1.29, 1.82) is 0 Å². The van der Waals surface area contributed by atoms with E-state index in [9.17, 15) is 14.7 Å². The fraction of sp³-hybridized carbons (Fsp3) is 0.323. The molecule has 1 aliphatic rings. The van der Waals surface area contributed by atoms with E-state index >= 15 is 8.78 Å². The summed E-state index contributed by atoms with van der Waals surface area (Å²) in [6.45, 7) is 9.99. The second kappa shape index (κ2) is 12.6. The van der Waals surface area contributed by atoms with E-state index in [4.69, 9.17) is 16.3 Å². The van der Waals surface area contributed by atoms with Gasteiger partial charge >= 0.3 is 11.8 Å². The number of ether oxygens (including phenoxy) is 1. The summed E-state index contributed by atoms with van der Waals surface area (Å²) in [5.74, 6) is -1.65. The summed E-state index contributed by atoms with van der Waals surface area (Å²) >= 11 is 6.33. The van der Waals surface area contributed by atoms with Gasteiger partial charge in [0.25, 0.3) is 0 Å². The van der Waals surface area contributed by atoms with E-state index in [1.54, 1.807) is 24.1 Å². The summed E-state index contributed by atoms with van der Waals surface area (Å²) in [5, 5.41) is 9.63. The third-order valence-electron chi connectivity index (χ3n) is 7.58. The lowest BCUT2D eigenvalue weighted by atomic mass is 10.0. The smallest absolute Gasteiger partial charge is 0.407 e. The lowest BCUT2D eigenvalue weighted by molar-refractivity contribution is 0.136. The van der Waals surface area contributed by atoms with Gasteiger partial charge in [-0.25, -0.2) is 27.9 Å². The van der Waals surface area contributed by atoms with Crippen molar-refractivity contribution in [3.8, 4) is 16.9 Å². The molecule has 0 bridgehead atoms. The number of piperazine rings is 1. The van der Waals surface area contributed by atoms with E-state index in [0.29, 0.717) is 23.4 Å². The van der Waals surface area contributed by atoms with Gasteiger partial charge in [0.2, 0.25) is 0 Å². The molecule has 0 spiro atoms. The van der Waals surface area contributed by atoms with E-state index in [-0.39, 0.29) is 65.3 Å². The SMILES string of the molecule is C=COCCc1ccnc(C(C)C)c1-n1c(=O)nc(N2CCN(C(=O)O)CC2C)c2cc(F)c(-c3c(F)cccc3Cl)nc21. The highest BCUT2D eigenvalue weighted by molar-refractivity contribution is 6.33. The number of rotatable bonds is 8. The zero-order chi connectivity index (χ0) is 31.7. The largest absolute Gasteiger partial charge is 0.501 e. The van der Waals surface area contributed by atoms with E-state index in [2.05, 4.69) is 21.5 Å².